The van der Waals surface area contributed by atoms with Gasteiger partial charge in [0.2, 0.25) is 17.5 Å². The van der Waals surface area contributed by atoms with E-state index in [2.05, 4.69) is 15.1 Å². The van der Waals surface area contributed by atoms with Gasteiger partial charge >= 0.3 is 0 Å². The fourth-order valence-electron chi connectivity index (χ4n) is 4.46. The van der Waals surface area contributed by atoms with Crippen molar-refractivity contribution in [2.24, 2.45) is 17.3 Å². The van der Waals surface area contributed by atoms with E-state index < -0.39 is 0 Å². The summed E-state index contributed by atoms with van der Waals surface area (Å²) in [7, 11) is 1.53. The summed E-state index contributed by atoms with van der Waals surface area (Å²) in [4.78, 5) is 34.8. The minimum Gasteiger partial charge on any atom is -0.481 e. The van der Waals surface area contributed by atoms with Gasteiger partial charge < -0.3 is 4.74 Å². The first kappa shape index (κ1) is 20.9. The SMILES string of the molecule is COc1cccc(C(=O)C2CCC(C(=O)c3ncn(-c4ccccc4)n3)C(C)(C)C2)n1. The van der Waals surface area contributed by atoms with Crippen LogP contribution in [-0.4, -0.2) is 38.4 Å². The van der Waals surface area contributed by atoms with Crippen molar-refractivity contribution in [3.63, 3.8) is 0 Å². The summed E-state index contributed by atoms with van der Waals surface area (Å²) in [6.45, 7) is 4.09. The Labute approximate surface area is 181 Å². The number of methoxy groups -OCH3 is 1. The number of hydrogen-bond acceptors (Lipinski definition) is 6. The maximum atomic E-state index is 13.2. The number of ether oxygens (including phenoxy) is 1. The summed E-state index contributed by atoms with van der Waals surface area (Å²) in [5.74, 6) is 0.180. The lowest BCUT2D eigenvalue weighted by Crippen LogP contribution is -2.40. The number of pyridine rings is 1. The van der Waals surface area contributed by atoms with Crippen molar-refractivity contribution in [1.29, 1.82) is 0 Å². The summed E-state index contributed by atoms with van der Waals surface area (Å²) < 4.78 is 6.76. The third-order valence-electron chi connectivity index (χ3n) is 6.13. The lowest BCUT2D eigenvalue weighted by molar-refractivity contribution is 0.0525. The zero-order chi connectivity index (χ0) is 22.0. The smallest absolute Gasteiger partial charge is 0.218 e. The lowest BCUT2D eigenvalue weighted by atomic mass is 9.62. The van der Waals surface area contributed by atoms with Crippen LogP contribution in [0.3, 0.4) is 0 Å². The molecule has 0 spiro atoms. The molecule has 1 aliphatic carbocycles. The number of ketones is 2. The zero-order valence-corrected chi connectivity index (χ0v) is 18.0. The summed E-state index contributed by atoms with van der Waals surface area (Å²) in [6, 6.07) is 14.8. The monoisotopic (exact) mass is 418 g/mol. The standard InChI is InChI=1S/C24H26N4O3/c1-24(2)14-16(21(29)19-10-7-11-20(26-19)31-3)12-13-18(24)22(30)23-25-15-28(27-23)17-8-5-4-6-9-17/h4-11,15-16,18H,12-14H2,1-3H3. The van der Waals surface area contributed by atoms with Crippen molar-refractivity contribution in [2.45, 2.75) is 33.1 Å². The van der Waals surface area contributed by atoms with Crippen molar-refractivity contribution < 1.29 is 14.3 Å². The Balaban J connectivity index is 1.49. The Morgan fingerprint density at radius 1 is 1.03 bits per heavy atom. The predicted octanol–water partition coefficient (Wildman–Crippen LogP) is 4.18. The first-order valence-corrected chi connectivity index (χ1v) is 10.5. The number of para-hydroxylation sites is 1. The highest BCUT2D eigenvalue weighted by Gasteiger charge is 2.44. The van der Waals surface area contributed by atoms with E-state index in [1.54, 1.807) is 29.2 Å². The molecule has 160 valence electrons. The van der Waals surface area contributed by atoms with Crippen LogP contribution >= 0.6 is 0 Å². The third kappa shape index (κ3) is 4.26. The number of carbonyl (C=O) groups is 2. The van der Waals surface area contributed by atoms with Crippen molar-refractivity contribution in [2.75, 3.05) is 7.11 Å². The van der Waals surface area contributed by atoms with Crippen molar-refractivity contribution in [1.82, 2.24) is 19.7 Å². The quantitative estimate of drug-likeness (QED) is 0.558. The first-order valence-electron chi connectivity index (χ1n) is 10.5. The van der Waals surface area contributed by atoms with E-state index in [-0.39, 0.29) is 34.6 Å². The number of Topliss-reactive ketones (excluding diaryl/α,β-unsaturated/α-hetero) is 2. The molecule has 0 amide bonds. The van der Waals surface area contributed by atoms with Gasteiger partial charge in [0.25, 0.3) is 0 Å². The third-order valence-corrected chi connectivity index (χ3v) is 6.13. The molecular formula is C24H26N4O3. The molecule has 0 saturated heterocycles. The van der Waals surface area contributed by atoms with Crippen molar-refractivity contribution in [3.05, 3.63) is 66.4 Å². The molecule has 0 radical (unpaired) electrons. The second-order valence-corrected chi connectivity index (χ2v) is 8.66. The number of benzene rings is 1. The summed E-state index contributed by atoms with van der Waals surface area (Å²) in [5.41, 5.74) is 0.911. The molecule has 7 nitrogen and oxygen atoms in total. The molecule has 2 aromatic heterocycles. The molecule has 2 atom stereocenters. The van der Waals surface area contributed by atoms with Crippen LogP contribution < -0.4 is 4.74 Å². The van der Waals surface area contributed by atoms with Crippen molar-refractivity contribution >= 4 is 11.6 Å². The predicted molar refractivity (Wildman–Crippen MR) is 115 cm³/mol. The van der Waals surface area contributed by atoms with E-state index in [0.29, 0.717) is 30.8 Å². The highest BCUT2D eigenvalue weighted by atomic mass is 16.5. The average Bonchev–Trinajstić information content (AvgIpc) is 3.28. The van der Waals surface area contributed by atoms with Crippen molar-refractivity contribution in [3.8, 4) is 11.6 Å². The van der Waals surface area contributed by atoms with Gasteiger partial charge in [0.1, 0.15) is 12.0 Å². The van der Waals surface area contributed by atoms with Gasteiger partial charge in [0, 0.05) is 17.9 Å². The minimum atomic E-state index is -0.354. The largest absolute Gasteiger partial charge is 0.481 e. The molecular weight excluding hydrogens is 392 g/mol. The normalized spacial score (nSPS) is 20.2. The van der Waals surface area contributed by atoms with Gasteiger partial charge in [-0.05, 0) is 42.9 Å². The number of aromatic nitrogens is 4. The summed E-state index contributed by atoms with van der Waals surface area (Å²) >= 11 is 0. The van der Waals surface area contributed by atoms with Crippen LogP contribution in [0.25, 0.3) is 5.69 Å². The maximum Gasteiger partial charge on any atom is 0.218 e. The van der Waals surface area contributed by atoms with Gasteiger partial charge in [-0.2, -0.15) is 0 Å². The zero-order valence-electron chi connectivity index (χ0n) is 18.0. The van der Waals surface area contributed by atoms with E-state index in [9.17, 15) is 9.59 Å². The van der Waals surface area contributed by atoms with Gasteiger partial charge in [-0.15, -0.1) is 5.10 Å². The minimum absolute atomic E-state index is 0.00403. The second kappa shape index (κ2) is 8.41. The fourth-order valence-corrected chi connectivity index (χ4v) is 4.46. The van der Waals surface area contributed by atoms with E-state index in [4.69, 9.17) is 4.74 Å². The van der Waals surface area contributed by atoms with Crippen LogP contribution in [0.15, 0.2) is 54.9 Å². The summed E-state index contributed by atoms with van der Waals surface area (Å²) in [6.07, 6.45) is 3.43. The number of nitrogens with zero attached hydrogens (tertiary/aromatic N) is 4. The number of carbonyl (C=O) groups excluding carboxylic acids is 2. The molecule has 2 heterocycles. The molecule has 0 bridgehead atoms. The van der Waals surface area contributed by atoms with Crippen LogP contribution in [0.2, 0.25) is 0 Å². The Morgan fingerprint density at radius 3 is 2.52 bits per heavy atom. The van der Waals surface area contributed by atoms with Crippen LogP contribution in [0.5, 0.6) is 5.88 Å². The Morgan fingerprint density at radius 2 is 1.81 bits per heavy atom. The Hall–Kier alpha value is -3.35. The molecule has 0 aliphatic heterocycles. The second-order valence-electron chi connectivity index (χ2n) is 8.66. The van der Waals surface area contributed by atoms with E-state index >= 15 is 0 Å². The highest BCUT2D eigenvalue weighted by molar-refractivity contribution is 5.97. The molecule has 1 saturated carbocycles. The van der Waals surface area contributed by atoms with Gasteiger partial charge in [-0.25, -0.2) is 14.6 Å². The molecule has 3 aromatic rings. The number of hydrogen-bond donors (Lipinski definition) is 0. The van der Waals surface area contributed by atoms with E-state index in [1.165, 1.54) is 7.11 Å². The van der Waals surface area contributed by atoms with Crippen LogP contribution in [0.4, 0.5) is 0 Å². The average molecular weight is 418 g/mol. The molecule has 1 aliphatic rings. The molecule has 0 N–H and O–H groups in total. The molecule has 7 heteroatoms. The van der Waals surface area contributed by atoms with Crippen LogP contribution in [0.1, 0.15) is 54.2 Å². The lowest BCUT2D eigenvalue weighted by Gasteiger charge is -2.40. The van der Waals surface area contributed by atoms with Gasteiger partial charge in [0.15, 0.2) is 5.78 Å². The van der Waals surface area contributed by atoms with E-state index in [1.807, 2.05) is 44.2 Å². The molecule has 1 aromatic carbocycles. The topological polar surface area (TPSA) is 87.0 Å². The summed E-state index contributed by atoms with van der Waals surface area (Å²) in [5, 5.41) is 4.41. The Kier molecular flexibility index (Phi) is 5.67. The Bertz CT molecular complexity index is 1090. The van der Waals surface area contributed by atoms with Crippen LogP contribution in [0, 0.1) is 17.3 Å². The molecule has 1 fully saturated rings. The fraction of sp³-hybridized carbons (Fsp3) is 0.375. The molecule has 4 rings (SSSR count). The van der Waals surface area contributed by atoms with Gasteiger partial charge in [0.05, 0.1) is 12.8 Å². The maximum absolute atomic E-state index is 13.2. The highest BCUT2D eigenvalue weighted by Crippen LogP contribution is 2.45. The van der Waals surface area contributed by atoms with Gasteiger partial charge in [-0.3, -0.25) is 9.59 Å². The number of rotatable bonds is 6. The molecule has 31 heavy (non-hydrogen) atoms. The van der Waals surface area contributed by atoms with Crippen LogP contribution in [-0.2, 0) is 0 Å². The molecule has 2 unspecified atom stereocenters. The van der Waals surface area contributed by atoms with E-state index in [0.717, 1.165) is 5.69 Å². The van der Waals surface area contributed by atoms with Gasteiger partial charge in [-0.1, -0.05) is 38.1 Å². The first-order chi connectivity index (χ1) is 14.9.